The van der Waals surface area contributed by atoms with Crippen LogP contribution in [-0.2, 0) is 9.47 Å². The summed E-state index contributed by atoms with van der Waals surface area (Å²) in [5.74, 6) is -2.35. The van der Waals surface area contributed by atoms with Crippen molar-refractivity contribution in [2.24, 2.45) is 0 Å². The van der Waals surface area contributed by atoms with Crippen molar-refractivity contribution in [3.8, 4) is 0 Å². The fourth-order valence-corrected chi connectivity index (χ4v) is 4.76. The summed E-state index contributed by atoms with van der Waals surface area (Å²) in [6.45, 7) is 3.37. The van der Waals surface area contributed by atoms with E-state index in [-0.39, 0.29) is 17.5 Å². The smallest absolute Gasteiger partial charge is 0.232 e. The highest BCUT2D eigenvalue weighted by molar-refractivity contribution is 6.16. The summed E-state index contributed by atoms with van der Waals surface area (Å²) in [6.07, 6.45) is -0.669. The van der Waals surface area contributed by atoms with Gasteiger partial charge >= 0.3 is 0 Å². The van der Waals surface area contributed by atoms with Gasteiger partial charge in [-0.2, -0.15) is 0 Å². The largest absolute Gasteiger partial charge is 0.336 e. The molecule has 150 valence electrons. The van der Waals surface area contributed by atoms with Gasteiger partial charge in [0, 0.05) is 17.0 Å². The van der Waals surface area contributed by atoms with Crippen molar-refractivity contribution in [2.45, 2.75) is 37.3 Å². The Kier molecular flexibility index (Phi) is 4.24. The van der Waals surface area contributed by atoms with Crippen LogP contribution in [0.1, 0.15) is 51.6 Å². The predicted molar refractivity (Wildman–Crippen MR) is 113 cm³/mol. The molecule has 2 aliphatic heterocycles. The molecule has 3 aromatic rings. The fraction of sp³-hybridized carbons (Fsp3) is 0.231. The van der Waals surface area contributed by atoms with Crippen LogP contribution in [-0.4, -0.2) is 29.1 Å². The van der Waals surface area contributed by atoms with Crippen LogP contribution < -0.4 is 0 Å². The first kappa shape index (κ1) is 18.9. The number of hydrogen-bond donors (Lipinski definition) is 0. The average Bonchev–Trinajstić information content (AvgIpc) is 3.04. The number of rotatable bonds is 3. The zero-order chi connectivity index (χ0) is 20.9. The van der Waals surface area contributed by atoms with Gasteiger partial charge in [-0.05, 0) is 25.0 Å². The Morgan fingerprint density at radius 3 is 1.70 bits per heavy atom. The molecule has 0 unspecified atom stereocenters. The normalized spacial score (nSPS) is 27.8. The third-order valence-electron chi connectivity index (χ3n) is 6.20. The highest BCUT2D eigenvalue weighted by Gasteiger charge is 2.64. The lowest BCUT2D eigenvalue weighted by atomic mass is 9.76. The maximum absolute atomic E-state index is 13.7. The van der Waals surface area contributed by atoms with Crippen LogP contribution in [0.2, 0.25) is 0 Å². The van der Waals surface area contributed by atoms with E-state index in [9.17, 15) is 9.59 Å². The van der Waals surface area contributed by atoms with Gasteiger partial charge < -0.3 is 9.47 Å². The summed E-state index contributed by atoms with van der Waals surface area (Å²) in [5.41, 5.74) is 1.43. The second-order valence-corrected chi connectivity index (χ2v) is 8.20. The molecular formula is C26H22O4. The third-order valence-corrected chi connectivity index (χ3v) is 6.20. The van der Waals surface area contributed by atoms with Crippen molar-refractivity contribution in [2.75, 3.05) is 0 Å². The number of ether oxygens (including phenoxy) is 2. The van der Waals surface area contributed by atoms with Gasteiger partial charge in [0.2, 0.25) is 11.6 Å². The van der Waals surface area contributed by atoms with E-state index in [2.05, 4.69) is 0 Å². The van der Waals surface area contributed by atoms with Gasteiger partial charge in [0.1, 0.15) is 6.10 Å². The Bertz CT molecular complexity index is 1080. The van der Waals surface area contributed by atoms with E-state index in [1.165, 1.54) is 0 Å². The minimum atomic E-state index is -1.52. The van der Waals surface area contributed by atoms with E-state index >= 15 is 0 Å². The second kappa shape index (κ2) is 6.73. The molecular weight excluding hydrogens is 376 g/mol. The molecule has 0 N–H and O–H groups in total. The molecule has 0 radical (unpaired) electrons. The first-order valence-electron chi connectivity index (χ1n) is 10.1. The monoisotopic (exact) mass is 398 g/mol. The van der Waals surface area contributed by atoms with Crippen molar-refractivity contribution < 1.29 is 19.1 Å². The van der Waals surface area contributed by atoms with Crippen LogP contribution in [0.3, 0.4) is 0 Å². The number of carbonyl (C=O) groups excluding carboxylic acids is 2. The lowest BCUT2D eigenvalue weighted by Gasteiger charge is -2.34. The minimum Gasteiger partial charge on any atom is -0.336 e. The predicted octanol–water partition coefficient (Wildman–Crippen LogP) is 4.79. The maximum Gasteiger partial charge on any atom is 0.232 e. The van der Waals surface area contributed by atoms with Crippen LogP contribution >= 0.6 is 0 Å². The first-order valence-corrected chi connectivity index (χ1v) is 10.1. The van der Waals surface area contributed by atoms with E-state index < -0.39 is 17.5 Å². The number of benzene rings is 3. The Morgan fingerprint density at radius 2 is 1.17 bits per heavy atom. The molecule has 1 fully saturated rings. The molecule has 0 aliphatic carbocycles. The molecule has 1 saturated heterocycles. The number of hydrogen-bond acceptors (Lipinski definition) is 4. The van der Waals surface area contributed by atoms with Crippen LogP contribution in [0.15, 0.2) is 84.9 Å². The highest BCUT2D eigenvalue weighted by Crippen LogP contribution is 2.50. The zero-order valence-electron chi connectivity index (χ0n) is 16.9. The lowest BCUT2D eigenvalue weighted by molar-refractivity contribution is -0.131. The van der Waals surface area contributed by atoms with E-state index in [4.69, 9.17) is 9.47 Å². The molecule has 0 aromatic heterocycles. The summed E-state index contributed by atoms with van der Waals surface area (Å²) in [5, 5.41) is 0. The molecule has 2 heterocycles. The van der Waals surface area contributed by atoms with E-state index in [1.54, 1.807) is 38.1 Å². The highest BCUT2D eigenvalue weighted by atomic mass is 16.8. The standard InChI is InChI=1S/C26H22O4/c1-25-22(27)19-15-9-10-16-20(19)23(28)26(2,30-25)29-24(25)21(17-11-5-3-6-12-17)18-13-7-4-8-14-18/h3-16,21,24H,1-2H3/t24-,25+,26-/m1/s1. The van der Waals surface area contributed by atoms with Gasteiger partial charge in [0.25, 0.3) is 0 Å². The van der Waals surface area contributed by atoms with Gasteiger partial charge in [0.15, 0.2) is 11.4 Å². The molecule has 0 amide bonds. The average molecular weight is 398 g/mol. The number of Topliss-reactive ketones (excluding diaryl/α,β-unsaturated/α-hetero) is 2. The summed E-state index contributed by atoms with van der Waals surface area (Å²) >= 11 is 0. The molecule has 30 heavy (non-hydrogen) atoms. The Morgan fingerprint density at radius 1 is 0.700 bits per heavy atom. The third kappa shape index (κ3) is 2.68. The molecule has 0 saturated carbocycles. The maximum atomic E-state index is 13.7. The molecule has 2 bridgehead atoms. The summed E-state index contributed by atoms with van der Waals surface area (Å²) in [6, 6.07) is 26.7. The molecule has 2 aliphatic rings. The second-order valence-electron chi connectivity index (χ2n) is 8.20. The van der Waals surface area contributed by atoms with Gasteiger partial charge in [-0.1, -0.05) is 84.9 Å². The SMILES string of the molecule is C[C@@]12O[C@H](C(c3ccccc3)c3ccccc3)[C@@](C)(O1)C(=O)c1ccccc1C2=O. The molecule has 5 rings (SSSR count). The van der Waals surface area contributed by atoms with Crippen molar-refractivity contribution in [3.63, 3.8) is 0 Å². The van der Waals surface area contributed by atoms with Crippen LogP contribution in [0.25, 0.3) is 0 Å². The Balaban J connectivity index is 1.71. The Labute approximate surface area is 175 Å². The van der Waals surface area contributed by atoms with E-state index in [0.29, 0.717) is 11.1 Å². The van der Waals surface area contributed by atoms with Gasteiger partial charge in [-0.25, -0.2) is 0 Å². The van der Waals surface area contributed by atoms with Crippen molar-refractivity contribution in [1.82, 2.24) is 0 Å². The fourth-order valence-electron chi connectivity index (χ4n) is 4.76. The quantitative estimate of drug-likeness (QED) is 0.637. The summed E-state index contributed by atoms with van der Waals surface area (Å²) < 4.78 is 12.6. The topological polar surface area (TPSA) is 52.6 Å². The summed E-state index contributed by atoms with van der Waals surface area (Å²) in [4.78, 5) is 27.1. The number of fused-ring (bicyclic) bond motifs is 3. The molecule has 4 nitrogen and oxygen atoms in total. The summed E-state index contributed by atoms with van der Waals surface area (Å²) in [7, 11) is 0. The molecule has 3 atom stereocenters. The van der Waals surface area contributed by atoms with E-state index in [1.807, 2.05) is 60.7 Å². The van der Waals surface area contributed by atoms with Crippen LogP contribution in [0, 0.1) is 0 Å². The van der Waals surface area contributed by atoms with Crippen molar-refractivity contribution in [3.05, 3.63) is 107 Å². The van der Waals surface area contributed by atoms with Crippen LogP contribution in [0.5, 0.6) is 0 Å². The first-order chi connectivity index (χ1) is 14.4. The zero-order valence-corrected chi connectivity index (χ0v) is 16.9. The molecule has 3 aromatic carbocycles. The Hall–Kier alpha value is -3.08. The van der Waals surface area contributed by atoms with E-state index in [0.717, 1.165) is 11.1 Å². The molecule has 4 heteroatoms. The van der Waals surface area contributed by atoms with Crippen molar-refractivity contribution in [1.29, 1.82) is 0 Å². The number of ketones is 2. The van der Waals surface area contributed by atoms with Crippen molar-refractivity contribution >= 4 is 11.6 Å². The van der Waals surface area contributed by atoms with Crippen LogP contribution in [0.4, 0.5) is 0 Å². The molecule has 0 spiro atoms. The van der Waals surface area contributed by atoms with Gasteiger partial charge in [-0.3, -0.25) is 9.59 Å². The van der Waals surface area contributed by atoms with Gasteiger partial charge in [-0.15, -0.1) is 0 Å². The van der Waals surface area contributed by atoms with Gasteiger partial charge in [0.05, 0.1) is 0 Å². The minimum absolute atomic E-state index is 0.227. The lowest BCUT2D eigenvalue weighted by Crippen LogP contribution is -2.48. The number of carbonyl (C=O) groups is 2.